The van der Waals surface area contributed by atoms with E-state index in [1.165, 1.54) is 0 Å². The zero-order valence-corrected chi connectivity index (χ0v) is 17.0. The molecule has 1 saturated carbocycles. The van der Waals surface area contributed by atoms with Crippen LogP contribution < -0.4 is 0 Å². The number of halogens is 2. The predicted octanol–water partition coefficient (Wildman–Crippen LogP) is 5.14. The van der Waals surface area contributed by atoms with E-state index < -0.39 is 47.8 Å². The van der Waals surface area contributed by atoms with E-state index in [0.29, 0.717) is 10.6 Å². The minimum absolute atomic E-state index is 0.457. The lowest BCUT2D eigenvalue weighted by Crippen LogP contribution is -2.41. The number of carbonyl (C=O) groups excluding carboxylic acids is 2. The second kappa shape index (κ2) is 7.56. The molecule has 1 aliphatic carbocycles. The molecule has 0 saturated heterocycles. The first-order valence-corrected chi connectivity index (χ1v) is 9.05. The molecule has 0 bridgehead atoms. The van der Waals surface area contributed by atoms with E-state index in [0.717, 1.165) is 0 Å². The van der Waals surface area contributed by atoms with Crippen molar-refractivity contribution in [3.8, 4) is 0 Å². The highest BCUT2D eigenvalue weighted by Gasteiger charge is 2.69. The van der Waals surface area contributed by atoms with Gasteiger partial charge in [0.1, 0.15) is 11.2 Å². The Morgan fingerprint density at radius 3 is 2.04 bits per heavy atom. The van der Waals surface area contributed by atoms with Gasteiger partial charge in [-0.2, -0.15) is 0 Å². The average molecular weight is 399 g/mol. The molecule has 156 valence electrons. The lowest BCUT2D eigenvalue weighted by molar-refractivity contribution is -0.140. The predicted molar refractivity (Wildman–Crippen MR) is 97.9 cm³/mol. The summed E-state index contributed by atoms with van der Waals surface area (Å²) in [7, 11) is 0. The first-order valence-electron chi connectivity index (χ1n) is 9.05. The number of ether oxygens (including phenoxy) is 2. The molecular formula is C20H27F2NO5. The summed E-state index contributed by atoms with van der Waals surface area (Å²) in [6, 6.07) is 8.28. The maximum absolute atomic E-state index is 14.4. The number of amides is 1. The lowest BCUT2D eigenvalue weighted by Gasteiger charge is -2.27. The molecule has 2 rings (SSSR count). The van der Waals surface area contributed by atoms with Crippen LogP contribution in [0, 0.1) is 5.92 Å². The Hall–Kier alpha value is -2.38. The van der Waals surface area contributed by atoms with Crippen LogP contribution in [0.5, 0.6) is 0 Å². The van der Waals surface area contributed by atoms with Crippen molar-refractivity contribution in [3.05, 3.63) is 35.9 Å². The van der Waals surface area contributed by atoms with Gasteiger partial charge in [0.15, 0.2) is 0 Å². The largest absolute Gasteiger partial charge is 0.534 e. The van der Waals surface area contributed by atoms with Crippen molar-refractivity contribution < 1.29 is 32.7 Å². The second-order valence-electron chi connectivity index (χ2n) is 8.77. The topological polar surface area (TPSA) is 65.1 Å². The first-order chi connectivity index (χ1) is 12.7. The molecule has 1 aromatic rings. The van der Waals surface area contributed by atoms with Gasteiger partial charge in [-0.25, -0.2) is 18.4 Å². The Balaban J connectivity index is 2.15. The third-order valence-electron chi connectivity index (χ3n) is 3.89. The minimum Gasteiger partial charge on any atom is -0.442 e. The maximum atomic E-state index is 14.4. The lowest BCUT2D eigenvalue weighted by atomic mass is 10.1. The summed E-state index contributed by atoms with van der Waals surface area (Å²) >= 11 is 0. The van der Waals surface area contributed by atoms with E-state index in [1.807, 2.05) is 0 Å². The molecule has 1 fully saturated rings. The first kappa shape index (κ1) is 21.9. The summed E-state index contributed by atoms with van der Waals surface area (Å²) in [5.41, 5.74) is -1.30. The molecule has 28 heavy (non-hydrogen) atoms. The van der Waals surface area contributed by atoms with E-state index in [-0.39, 0.29) is 0 Å². The minimum atomic E-state index is -3.03. The molecule has 6 nitrogen and oxygen atoms in total. The molecule has 0 N–H and O–H groups in total. The van der Waals surface area contributed by atoms with E-state index in [9.17, 15) is 18.4 Å². The molecular weight excluding hydrogens is 372 g/mol. The van der Waals surface area contributed by atoms with Crippen molar-refractivity contribution in [1.29, 1.82) is 0 Å². The Morgan fingerprint density at radius 2 is 1.54 bits per heavy atom. The Bertz CT molecular complexity index is 710. The van der Waals surface area contributed by atoms with Gasteiger partial charge in [0.25, 0.3) is 5.92 Å². The van der Waals surface area contributed by atoms with Gasteiger partial charge >= 0.3 is 12.2 Å². The van der Waals surface area contributed by atoms with Crippen molar-refractivity contribution in [2.75, 3.05) is 6.54 Å². The van der Waals surface area contributed by atoms with Crippen LogP contribution in [0.15, 0.2) is 30.3 Å². The van der Waals surface area contributed by atoms with Gasteiger partial charge in [0.05, 0.1) is 18.4 Å². The van der Waals surface area contributed by atoms with Crippen molar-refractivity contribution >= 4 is 12.2 Å². The molecule has 0 spiro atoms. The van der Waals surface area contributed by atoms with Gasteiger partial charge < -0.3 is 14.3 Å². The normalized spacial score (nSPS) is 20.9. The summed E-state index contributed by atoms with van der Waals surface area (Å²) in [5.74, 6) is -5.30. The van der Waals surface area contributed by atoms with Crippen molar-refractivity contribution in [1.82, 2.24) is 5.06 Å². The maximum Gasteiger partial charge on any atom is 0.534 e. The van der Waals surface area contributed by atoms with Gasteiger partial charge in [-0.1, -0.05) is 30.3 Å². The summed E-state index contributed by atoms with van der Waals surface area (Å²) < 4.78 is 38.9. The second-order valence-corrected chi connectivity index (χ2v) is 8.77. The van der Waals surface area contributed by atoms with Crippen molar-refractivity contribution in [2.45, 2.75) is 64.6 Å². The average Bonchev–Trinajstić information content (AvgIpc) is 3.04. The van der Waals surface area contributed by atoms with Crippen LogP contribution in [-0.2, 0) is 14.3 Å². The Morgan fingerprint density at radius 1 is 1.00 bits per heavy atom. The Labute approximate surface area is 163 Å². The fraction of sp³-hybridized carbons (Fsp3) is 0.600. The molecule has 0 heterocycles. The van der Waals surface area contributed by atoms with E-state index in [2.05, 4.69) is 0 Å². The van der Waals surface area contributed by atoms with Crippen molar-refractivity contribution in [3.63, 3.8) is 0 Å². The van der Waals surface area contributed by atoms with Crippen LogP contribution >= 0.6 is 0 Å². The third-order valence-corrected chi connectivity index (χ3v) is 3.89. The van der Waals surface area contributed by atoms with Crippen LogP contribution in [0.4, 0.5) is 18.4 Å². The van der Waals surface area contributed by atoms with E-state index >= 15 is 0 Å². The molecule has 1 unspecified atom stereocenters. The summed E-state index contributed by atoms with van der Waals surface area (Å²) in [6.45, 7) is 9.20. The molecule has 0 aromatic heterocycles. The highest BCUT2D eigenvalue weighted by Crippen LogP contribution is 2.61. The summed E-state index contributed by atoms with van der Waals surface area (Å²) in [5, 5.41) is 0.515. The zero-order chi connectivity index (χ0) is 21.3. The smallest absolute Gasteiger partial charge is 0.442 e. The number of nitrogens with zero attached hydrogens (tertiary/aromatic N) is 1. The Kier molecular flexibility index (Phi) is 5.92. The van der Waals surface area contributed by atoms with Crippen LogP contribution in [0.1, 0.15) is 53.0 Å². The number of hydrogen-bond acceptors (Lipinski definition) is 5. The van der Waals surface area contributed by atoms with E-state index in [4.69, 9.17) is 14.3 Å². The fourth-order valence-corrected chi connectivity index (χ4v) is 2.73. The summed E-state index contributed by atoms with van der Waals surface area (Å²) in [6.07, 6.45) is -2.20. The quantitative estimate of drug-likeness (QED) is 0.520. The van der Waals surface area contributed by atoms with Crippen LogP contribution in [0.25, 0.3) is 0 Å². The van der Waals surface area contributed by atoms with Crippen LogP contribution in [0.2, 0.25) is 0 Å². The molecule has 2 atom stereocenters. The van der Waals surface area contributed by atoms with Gasteiger partial charge in [-0.05, 0) is 47.1 Å². The van der Waals surface area contributed by atoms with Gasteiger partial charge in [0.2, 0.25) is 0 Å². The zero-order valence-electron chi connectivity index (χ0n) is 17.0. The number of alkyl halides is 2. The molecule has 1 aliphatic rings. The molecule has 1 aromatic carbocycles. The van der Waals surface area contributed by atoms with Crippen LogP contribution in [-0.4, -0.2) is 41.0 Å². The number of carbonyl (C=O) groups is 2. The standard InChI is InChI=1S/C20H27F2NO5/c1-18(2,3)26-16(24)23(28-17(25)27-19(4,5)6)12-14-15(20(14,21)22)13-10-8-7-9-11-13/h7-11,14-15H,12H2,1-6H3/t14-,15?/m1/s1. The molecule has 0 radical (unpaired) electrons. The highest BCUT2D eigenvalue weighted by molar-refractivity contribution is 5.70. The highest BCUT2D eigenvalue weighted by atomic mass is 19.3. The third kappa shape index (κ3) is 5.81. The molecule has 8 heteroatoms. The van der Waals surface area contributed by atoms with Gasteiger partial charge in [-0.15, -0.1) is 5.06 Å². The molecule has 1 amide bonds. The van der Waals surface area contributed by atoms with Crippen LogP contribution in [0.3, 0.4) is 0 Å². The molecule has 0 aliphatic heterocycles. The van der Waals surface area contributed by atoms with Gasteiger partial charge in [0, 0.05) is 0 Å². The number of rotatable bonds is 3. The summed E-state index contributed by atoms with van der Waals surface area (Å²) in [4.78, 5) is 29.3. The number of hydroxylamine groups is 2. The SMILES string of the molecule is CC(C)(C)OC(=O)ON(C[C@@H]1C(c2ccccc2)C1(F)F)C(=O)OC(C)(C)C. The number of hydrogen-bond donors (Lipinski definition) is 0. The van der Waals surface area contributed by atoms with E-state index in [1.54, 1.807) is 71.9 Å². The fourth-order valence-electron chi connectivity index (χ4n) is 2.73. The van der Waals surface area contributed by atoms with Gasteiger partial charge in [-0.3, -0.25) is 0 Å². The van der Waals surface area contributed by atoms with Crippen molar-refractivity contribution in [2.24, 2.45) is 5.92 Å². The number of benzene rings is 1. The monoisotopic (exact) mass is 399 g/mol.